The summed E-state index contributed by atoms with van der Waals surface area (Å²) < 4.78 is 27.0. The summed E-state index contributed by atoms with van der Waals surface area (Å²) in [6.07, 6.45) is 2.99. The molecule has 0 aliphatic carbocycles. The van der Waals surface area contributed by atoms with E-state index in [1.54, 1.807) is 49.6 Å². The SMILES string of the molecule is COc1cc(/C=C/C(=O)OCCOc2cccc(Cl)c2)ccc1OCc1c(C)noc1C. The number of esters is 1. The second kappa shape index (κ2) is 11.2. The summed E-state index contributed by atoms with van der Waals surface area (Å²) in [5.74, 6) is 1.98. The quantitative estimate of drug-likeness (QED) is 0.236. The minimum Gasteiger partial charge on any atom is -0.493 e. The summed E-state index contributed by atoms with van der Waals surface area (Å²) in [4.78, 5) is 11.9. The van der Waals surface area contributed by atoms with Crippen molar-refractivity contribution < 1.29 is 28.3 Å². The lowest BCUT2D eigenvalue weighted by Gasteiger charge is -2.11. The molecule has 32 heavy (non-hydrogen) atoms. The minimum atomic E-state index is -0.475. The van der Waals surface area contributed by atoms with Gasteiger partial charge >= 0.3 is 5.97 Å². The molecular formula is C24H24ClNO6. The molecule has 8 heteroatoms. The van der Waals surface area contributed by atoms with Crippen LogP contribution in [0, 0.1) is 13.8 Å². The zero-order chi connectivity index (χ0) is 22.9. The molecule has 1 heterocycles. The minimum absolute atomic E-state index is 0.119. The molecule has 0 saturated carbocycles. The fraction of sp³-hybridized carbons (Fsp3) is 0.250. The lowest BCUT2D eigenvalue weighted by atomic mass is 10.2. The number of hydrogen-bond acceptors (Lipinski definition) is 7. The Bertz CT molecular complexity index is 1070. The van der Waals surface area contributed by atoms with Gasteiger partial charge in [-0.3, -0.25) is 0 Å². The van der Waals surface area contributed by atoms with E-state index < -0.39 is 5.97 Å². The average molecular weight is 458 g/mol. The fourth-order valence-electron chi connectivity index (χ4n) is 2.84. The van der Waals surface area contributed by atoms with Gasteiger partial charge < -0.3 is 23.5 Å². The van der Waals surface area contributed by atoms with Gasteiger partial charge in [0.15, 0.2) is 11.5 Å². The molecule has 1 aromatic heterocycles. The van der Waals surface area contributed by atoms with Crippen LogP contribution in [0.2, 0.25) is 5.02 Å². The molecule has 0 aliphatic heterocycles. The number of carbonyl (C=O) groups is 1. The van der Waals surface area contributed by atoms with Crippen molar-refractivity contribution in [1.82, 2.24) is 5.16 Å². The van der Waals surface area contributed by atoms with Crippen LogP contribution in [0.1, 0.15) is 22.6 Å². The number of rotatable bonds is 10. The fourth-order valence-corrected chi connectivity index (χ4v) is 3.02. The first kappa shape index (κ1) is 23.2. The summed E-state index contributed by atoms with van der Waals surface area (Å²) in [6, 6.07) is 12.4. The second-order valence-electron chi connectivity index (χ2n) is 6.81. The predicted molar refractivity (Wildman–Crippen MR) is 120 cm³/mol. The van der Waals surface area contributed by atoms with Crippen molar-refractivity contribution in [2.75, 3.05) is 20.3 Å². The van der Waals surface area contributed by atoms with Crippen LogP contribution < -0.4 is 14.2 Å². The number of halogens is 1. The van der Waals surface area contributed by atoms with E-state index in [2.05, 4.69) is 5.16 Å². The summed E-state index contributed by atoms with van der Waals surface area (Å²) >= 11 is 5.89. The van der Waals surface area contributed by atoms with Crippen molar-refractivity contribution >= 4 is 23.6 Å². The highest BCUT2D eigenvalue weighted by Crippen LogP contribution is 2.30. The van der Waals surface area contributed by atoms with Crippen LogP contribution in [0.25, 0.3) is 6.08 Å². The Morgan fingerprint density at radius 2 is 1.94 bits per heavy atom. The molecule has 0 radical (unpaired) electrons. The second-order valence-corrected chi connectivity index (χ2v) is 7.24. The molecule has 0 unspecified atom stereocenters. The van der Waals surface area contributed by atoms with Gasteiger partial charge in [0, 0.05) is 11.1 Å². The summed E-state index contributed by atoms with van der Waals surface area (Å²) in [6.45, 7) is 4.36. The van der Waals surface area contributed by atoms with E-state index in [0.717, 1.165) is 22.6 Å². The molecule has 0 bridgehead atoms. The lowest BCUT2D eigenvalue weighted by molar-refractivity contribution is -0.138. The van der Waals surface area contributed by atoms with Gasteiger partial charge in [0.2, 0.25) is 0 Å². The highest BCUT2D eigenvalue weighted by Gasteiger charge is 2.12. The number of ether oxygens (including phenoxy) is 4. The molecule has 2 aromatic carbocycles. The van der Waals surface area contributed by atoms with Crippen LogP contribution in [0.5, 0.6) is 17.2 Å². The standard InChI is InChI=1S/C24H24ClNO6/c1-16-21(17(2)32-26-16)15-31-22-9-7-18(13-23(22)28-3)8-10-24(27)30-12-11-29-20-6-4-5-19(25)14-20/h4-10,13-14H,11-12,15H2,1-3H3/b10-8+. The van der Waals surface area contributed by atoms with Gasteiger partial charge in [0.25, 0.3) is 0 Å². The monoisotopic (exact) mass is 457 g/mol. The van der Waals surface area contributed by atoms with Gasteiger partial charge in [-0.1, -0.05) is 28.9 Å². The molecule has 0 atom stereocenters. The van der Waals surface area contributed by atoms with Gasteiger partial charge in [-0.25, -0.2) is 4.79 Å². The van der Waals surface area contributed by atoms with E-state index in [1.807, 2.05) is 19.9 Å². The molecule has 0 N–H and O–H groups in total. The third kappa shape index (κ3) is 6.52. The molecule has 168 valence electrons. The van der Waals surface area contributed by atoms with E-state index in [-0.39, 0.29) is 13.2 Å². The van der Waals surface area contributed by atoms with E-state index in [1.165, 1.54) is 6.08 Å². The Labute approximate surface area is 191 Å². The van der Waals surface area contributed by atoms with E-state index >= 15 is 0 Å². The first-order valence-electron chi connectivity index (χ1n) is 9.92. The Morgan fingerprint density at radius 1 is 1.09 bits per heavy atom. The number of nitrogens with zero attached hydrogens (tertiary/aromatic N) is 1. The topological polar surface area (TPSA) is 80.0 Å². The summed E-state index contributed by atoms with van der Waals surface area (Å²) in [5.41, 5.74) is 2.45. The van der Waals surface area contributed by atoms with Crippen molar-refractivity contribution in [2.45, 2.75) is 20.5 Å². The third-order valence-electron chi connectivity index (χ3n) is 4.55. The molecule has 7 nitrogen and oxygen atoms in total. The zero-order valence-corrected chi connectivity index (χ0v) is 18.8. The van der Waals surface area contributed by atoms with Crippen LogP contribution >= 0.6 is 11.6 Å². The van der Waals surface area contributed by atoms with Crippen molar-refractivity contribution in [3.05, 3.63) is 76.1 Å². The maximum atomic E-state index is 11.9. The van der Waals surface area contributed by atoms with Gasteiger partial charge in [0.05, 0.1) is 18.4 Å². The first-order valence-corrected chi connectivity index (χ1v) is 10.3. The van der Waals surface area contributed by atoms with Crippen molar-refractivity contribution in [3.8, 4) is 17.2 Å². The van der Waals surface area contributed by atoms with Gasteiger partial charge in [0.1, 0.15) is 31.3 Å². The van der Waals surface area contributed by atoms with Crippen LogP contribution in [-0.2, 0) is 16.1 Å². The highest BCUT2D eigenvalue weighted by molar-refractivity contribution is 6.30. The van der Waals surface area contributed by atoms with Gasteiger partial charge in [-0.05, 0) is 55.8 Å². The van der Waals surface area contributed by atoms with Crippen molar-refractivity contribution in [2.24, 2.45) is 0 Å². The number of benzene rings is 2. The normalized spacial score (nSPS) is 10.9. The van der Waals surface area contributed by atoms with Gasteiger partial charge in [-0.2, -0.15) is 0 Å². The molecule has 0 spiro atoms. The Balaban J connectivity index is 1.49. The zero-order valence-electron chi connectivity index (χ0n) is 18.1. The largest absolute Gasteiger partial charge is 0.493 e. The third-order valence-corrected chi connectivity index (χ3v) is 4.78. The van der Waals surface area contributed by atoms with Crippen molar-refractivity contribution in [3.63, 3.8) is 0 Å². The van der Waals surface area contributed by atoms with E-state index in [4.69, 9.17) is 35.1 Å². The van der Waals surface area contributed by atoms with E-state index in [9.17, 15) is 4.79 Å². The Hall–Kier alpha value is -3.45. The summed E-state index contributed by atoms with van der Waals surface area (Å²) in [7, 11) is 1.56. The maximum Gasteiger partial charge on any atom is 0.330 e. The lowest BCUT2D eigenvalue weighted by Crippen LogP contribution is -2.10. The van der Waals surface area contributed by atoms with Crippen LogP contribution in [-0.4, -0.2) is 31.4 Å². The van der Waals surface area contributed by atoms with Gasteiger partial charge in [-0.15, -0.1) is 0 Å². The first-order chi connectivity index (χ1) is 15.5. The van der Waals surface area contributed by atoms with Crippen LogP contribution in [0.3, 0.4) is 0 Å². The number of aromatic nitrogens is 1. The predicted octanol–water partition coefficient (Wildman–Crippen LogP) is 5.17. The van der Waals surface area contributed by atoms with Crippen LogP contribution in [0.4, 0.5) is 0 Å². The number of carbonyl (C=O) groups excluding carboxylic acids is 1. The van der Waals surface area contributed by atoms with E-state index in [0.29, 0.717) is 28.9 Å². The molecule has 0 fully saturated rings. The number of methoxy groups -OCH3 is 1. The molecule has 0 amide bonds. The highest BCUT2D eigenvalue weighted by atomic mass is 35.5. The molecule has 3 rings (SSSR count). The number of aryl methyl sites for hydroxylation is 2. The van der Waals surface area contributed by atoms with Crippen molar-refractivity contribution in [1.29, 1.82) is 0 Å². The Kier molecular flexibility index (Phi) is 8.16. The molecular weight excluding hydrogens is 434 g/mol. The molecule has 3 aromatic rings. The maximum absolute atomic E-state index is 11.9. The van der Waals surface area contributed by atoms with Crippen LogP contribution in [0.15, 0.2) is 53.1 Å². The average Bonchev–Trinajstić information content (AvgIpc) is 3.11. The molecule has 0 aliphatic rings. The number of hydrogen-bond donors (Lipinski definition) is 0. The smallest absolute Gasteiger partial charge is 0.330 e. The molecule has 0 saturated heterocycles. The Morgan fingerprint density at radius 3 is 2.66 bits per heavy atom. The summed E-state index contributed by atoms with van der Waals surface area (Å²) in [5, 5.41) is 4.50.